The van der Waals surface area contributed by atoms with Crippen LogP contribution in [-0.4, -0.2) is 18.1 Å². The molecule has 0 fully saturated rings. The van der Waals surface area contributed by atoms with Crippen LogP contribution in [0.1, 0.15) is 16.1 Å². The van der Waals surface area contributed by atoms with Gasteiger partial charge in [-0.05, 0) is 18.6 Å². The van der Waals surface area contributed by atoms with Crippen LogP contribution in [0.3, 0.4) is 0 Å². The topological polar surface area (TPSA) is 78.3 Å². The van der Waals surface area contributed by atoms with Crippen molar-refractivity contribution in [1.82, 2.24) is 4.98 Å². The summed E-state index contributed by atoms with van der Waals surface area (Å²) in [5, 5.41) is 0.311. The van der Waals surface area contributed by atoms with Crippen molar-refractivity contribution < 1.29 is 13.9 Å². The quantitative estimate of drug-likeness (QED) is 0.810. The summed E-state index contributed by atoms with van der Waals surface area (Å²) in [5.74, 6) is 0.0911. The number of hydrogen-bond acceptors (Lipinski definition) is 6. The molecule has 84 valence electrons. The maximum Gasteiger partial charge on any atom is 0.358 e. The maximum absolute atomic E-state index is 11.5. The van der Waals surface area contributed by atoms with Crippen molar-refractivity contribution in [3.05, 3.63) is 23.6 Å². The Morgan fingerprint density at radius 1 is 1.62 bits per heavy atom. The molecule has 6 heteroatoms. The third-order valence-corrected chi connectivity index (χ3v) is 2.97. The first kappa shape index (κ1) is 10.7. The summed E-state index contributed by atoms with van der Waals surface area (Å²) in [6, 6.07) is 1.81. The standard InChI is InChI=1S/C10H10N2O3S/c1-5-3-4-15-7(5)8-6(9(13)14-2)12-10(11)16-8/h3-4H,1-2H3,(H2,11,12). The van der Waals surface area contributed by atoms with Crippen LogP contribution in [0, 0.1) is 6.92 Å². The lowest BCUT2D eigenvalue weighted by Gasteiger charge is -1.98. The van der Waals surface area contributed by atoms with E-state index in [2.05, 4.69) is 9.72 Å². The van der Waals surface area contributed by atoms with Crippen LogP contribution in [0.5, 0.6) is 0 Å². The van der Waals surface area contributed by atoms with Crippen LogP contribution in [-0.2, 0) is 4.74 Å². The number of ether oxygens (including phenoxy) is 1. The zero-order valence-corrected chi connectivity index (χ0v) is 9.63. The van der Waals surface area contributed by atoms with Crippen molar-refractivity contribution in [3.63, 3.8) is 0 Å². The molecule has 0 amide bonds. The van der Waals surface area contributed by atoms with Gasteiger partial charge in [-0.1, -0.05) is 11.3 Å². The molecule has 5 nitrogen and oxygen atoms in total. The summed E-state index contributed by atoms with van der Waals surface area (Å²) in [7, 11) is 1.30. The summed E-state index contributed by atoms with van der Waals surface area (Å²) in [4.78, 5) is 16.0. The van der Waals surface area contributed by atoms with Gasteiger partial charge in [0.25, 0.3) is 0 Å². The highest BCUT2D eigenvalue weighted by molar-refractivity contribution is 7.19. The molecule has 2 aromatic heterocycles. The number of carbonyl (C=O) groups is 1. The second kappa shape index (κ2) is 3.97. The SMILES string of the molecule is COC(=O)c1nc(N)sc1-c1occc1C. The molecule has 0 atom stereocenters. The number of esters is 1. The van der Waals surface area contributed by atoms with Crippen LogP contribution >= 0.6 is 11.3 Å². The Morgan fingerprint density at radius 3 is 2.94 bits per heavy atom. The number of furan rings is 1. The molecular formula is C10H10N2O3S. The first-order valence-corrected chi connectivity index (χ1v) is 5.34. The van der Waals surface area contributed by atoms with Gasteiger partial charge < -0.3 is 14.9 Å². The number of aryl methyl sites for hydroxylation is 1. The highest BCUT2D eigenvalue weighted by atomic mass is 32.1. The number of thiazole rings is 1. The van der Waals surface area contributed by atoms with Gasteiger partial charge in [0.2, 0.25) is 0 Å². The average molecular weight is 238 g/mol. The van der Waals surface area contributed by atoms with Crippen LogP contribution in [0.2, 0.25) is 0 Å². The molecule has 2 aromatic rings. The van der Waals surface area contributed by atoms with E-state index in [4.69, 9.17) is 10.2 Å². The number of nitrogens with two attached hydrogens (primary N) is 1. The van der Waals surface area contributed by atoms with Gasteiger partial charge in [-0.2, -0.15) is 0 Å². The minimum absolute atomic E-state index is 0.197. The predicted octanol–water partition coefficient (Wildman–Crippen LogP) is 2.08. The zero-order chi connectivity index (χ0) is 11.7. The average Bonchev–Trinajstić information content (AvgIpc) is 2.83. The number of rotatable bonds is 2. The van der Waals surface area contributed by atoms with Crippen LogP contribution < -0.4 is 5.73 Å². The molecule has 0 radical (unpaired) electrons. The van der Waals surface area contributed by atoms with Gasteiger partial charge in [0.05, 0.1) is 13.4 Å². The fourth-order valence-corrected chi connectivity index (χ4v) is 2.20. The van der Waals surface area contributed by atoms with Gasteiger partial charge in [-0.3, -0.25) is 0 Å². The smallest absolute Gasteiger partial charge is 0.358 e. The number of aromatic nitrogens is 1. The molecule has 0 aliphatic heterocycles. The molecule has 16 heavy (non-hydrogen) atoms. The van der Waals surface area contributed by atoms with E-state index in [1.807, 2.05) is 13.0 Å². The van der Waals surface area contributed by atoms with Crippen molar-refractivity contribution >= 4 is 22.4 Å². The number of methoxy groups -OCH3 is 1. The summed E-state index contributed by atoms with van der Waals surface area (Å²) in [6.45, 7) is 1.88. The van der Waals surface area contributed by atoms with Gasteiger partial charge in [0.1, 0.15) is 10.6 Å². The van der Waals surface area contributed by atoms with E-state index >= 15 is 0 Å². The number of anilines is 1. The zero-order valence-electron chi connectivity index (χ0n) is 8.81. The van der Waals surface area contributed by atoms with Gasteiger partial charge >= 0.3 is 5.97 Å². The Kier molecular flexibility index (Phi) is 2.66. The molecule has 2 N–H and O–H groups in total. The van der Waals surface area contributed by atoms with Crippen LogP contribution in [0.4, 0.5) is 5.13 Å². The molecule has 2 heterocycles. The second-order valence-electron chi connectivity index (χ2n) is 3.15. The Bertz CT molecular complexity index is 530. The fraction of sp³-hybridized carbons (Fsp3) is 0.200. The summed E-state index contributed by atoms with van der Waals surface area (Å²) in [5.41, 5.74) is 6.71. The Morgan fingerprint density at radius 2 is 2.38 bits per heavy atom. The molecule has 0 bridgehead atoms. The molecular weight excluding hydrogens is 228 g/mol. The van der Waals surface area contributed by atoms with Crippen molar-refractivity contribution in [2.45, 2.75) is 6.92 Å². The highest BCUT2D eigenvalue weighted by Crippen LogP contribution is 2.34. The number of nitrogens with zero attached hydrogens (tertiary/aromatic N) is 1. The van der Waals surface area contributed by atoms with Crippen molar-refractivity contribution in [3.8, 4) is 10.6 Å². The van der Waals surface area contributed by atoms with E-state index < -0.39 is 5.97 Å². The van der Waals surface area contributed by atoms with E-state index in [0.717, 1.165) is 5.56 Å². The van der Waals surface area contributed by atoms with Gasteiger partial charge in [-0.15, -0.1) is 0 Å². The lowest BCUT2D eigenvalue weighted by molar-refractivity contribution is 0.0595. The normalized spacial score (nSPS) is 10.4. The Hall–Kier alpha value is -1.82. The van der Waals surface area contributed by atoms with Crippen LogP contribution in [0.25, 0.3) is 10.6 Å². The fourth-order valence-electron chi connectivity index (χ4n) is 1.33. The molecule has 0 aromatic carbocycles. The summed E-state index contributed by atoms with van der Waals surface area (Å²) >= 11 is 1.20. The third-order valence-electron chi connectivity index (χ3n) is 2.09. The largest absolute Gasteiger partial charge is 0.464 e. The van der Waals surface area contributed by atoms with E-state index in [0.29, 0.717) is 15.8 Å². The first-order valence-electron chi connectivity index (χ1n) is 4.52. The molecule has 2 rings (SSSR count). The van der Waals surface area contributed by atoms with Gasteiger partial charge in [0, 0.05) is 0 Å². The first-order chi connectivity index (χ1) is 7.63. The minimum atomic E-state index is -0.515. The molecule has 0 saturated heterocycles. The lowest BCUT2D eigenvalue weighted by Crippen LogP contribution is -2.03. The van der Waals surface area contributed by atoms with E-state index in [9.17, 15) is 4.79 Å². The molecule has 0 unspecified atom stereocenters. The third kappa shape index (κ3) is 1.67. The van der Waals surface area contributed by atoms with E-state index in [1.165, 1.54) is 18.4 Å². The molecule has 0 aliphatic rings. The van der Waals surface area contributed by atoms with Gasteiger partial charge in [-0.25, -0.2) is 9.78 Å². The summed E-state index contributed by atoms with van der Waals surface area (Å²) < 4.78 is 9.94. The number of nitrogen functional groups attached to an aromatic ring is 1. The molecule has 0 saturated carbocycles. The lowest BCUT2D eigenvalue weighted by atomic mass is 10.2. The Balaban J connectivity index is 2.57. The Labute approximate surface area is 95.9 Å². The second-order valence-corrected chi connectivity index (χ2v) is 4.18. The molecule has 0 aliphatic carbocycles. The number of carbonyl (C=O) groups excluding carboxylic acids is 1. The van der Waals surface area contributed by atoms with Crippen molar-refractivity contribution in [2.75, 3.05) is 12.8 Å². The maximum atomic E-state index is 11.5. The van der Waals surface area contributed by atoms with Crippen LogP contribution in [0.15, 0.2) is 16.7 Å². The minimum Gasteiger partial charge on any atom is -0.464 e. The van der Waals surface area contributed by atoms with E-state index in [-0.39, 0.29) is 5.69 Å². The number of hydrogen-bond donors (Lipinski definition) is 1. The van der Waals surface area contributed by atoms with Gasteiger partial charge in [0.15, 0.2) is 10.8 Å². The van der Waals surface area contributed by atoms with E-state index in [1.54, 1.807) is 6.26 Å². The summed E-state index contributed by atoms with van der Waals surface area (Å²) in [6.07, 6.45) is 1.56. The molecule has 0 spiro atoms. The highest BCUT2D eigenvalue weighted by Gasteiger charge is 2.22. The predicted molar refractivity (Wildman–Crippen MR) is 60.3 cm³/mol. The van der Waals surface area contributed by atoms with Crippen molar-refractivity contribution in [2.24, 2.45) is 0 Å². The van der Waals surface area contributed by atoms with Crippen molar-refractivity contribution in [1.29, 1.82) is 0 Å². The monoisotopic (exact) mass is 238 g/mol.